The van der Waals surface area contributed by atoms with Crippen LogP contribution < -0.4 is 10.1 Å². The average Bonchev–Trinajstić information content (AvgIpc) is 2.55. The van der Waals surface area contributed by atoms with Gasteiger partial charge < -0.3 is 15.3 Å². The summed E-state index contributed by atoms with van der Waals surface area (Å²) in [5.74, 6) is 0.326. The Bertz CT molecular complexity index is 679. The fourth-order valence-corrected chi connectivity index (χ4v) is 1.99. The highest BCUT2D eigenvalue weighted by Gasteiger charge is 2.12. The van der Waals surface area contributed by atoms with Gasteiger partial charge in [-0.2, -0.15) is 0 Å². The maximum Gasteiger partial charge on any atom is 0.259 e. The van der Waals surface area contributed by atoms with E-state index in [1.54, 1.807) is 49.4 Å². The van der Waals surface area contributed by atoms with E-state index in [9.17, 15) is 4.79 Å². The molecule has 0 aliphatic heterocycles. The summed E-state index contributed by atoms with van der Waals surface area (Å²) in [6.07, 6.45) is 0. The lowest BCUT2D eigenvalue weighted by atomic mass is 10.1. The Kier molecular flexibility index (Phi) is 5.14. The van der Waals surface area contributed by atoms with E-state index in [-0.39, 0.29) is 5.91 Å². The SMILES string of the molecule is CCOc1ccccc1C(=O)Nc1ccc(/C(C)=N/O)cc1. The van der Waals surface area contributed by atoms with Gasteiger partial charge >= 0.3 is 0 Å². The first-order valence-corrected chi connectivity index (χ1v) is 6.98. The summed E-state index contributed by atoms with van der Waals surface area (Å²) in [4.78, 5) is 12.3. The molecule has 5 nitrogen and oxygen atoms in total. The Morgan fingerprint density at radius 1 is 1.18 bits per heavy atom. The molecule has 0 atom stereocenters. The molecule has 0 aliphatic carbocycles. The molecule has 0 radical (unpaired) electrons. The Morgan fingerprint density at radius 3 is 2.50 bits per heavy atom. The van der Waals surface area contributed by atoms with E-state index >= 15 is 0 Å². The third-order valence-corrected chi connectivity index (χ3v) is 3.14. The van der Waals surface area contributed by atoms with Crippen molar-refractivity contribution in [1.82, 2.24) is 0 Å². The zero-order valence-corrected chi connectivity index (χ0v) is 12.5. The predicted molar refractivity (Wildman–Crippen MR) is 86.0 cm³/mol. The number of para-hydroxylation sites is 1. The van der Waals surface area contributed by atoms with Gasteiger partial charge in [-0.3, -0.25) is 4.79 Å². The molecular weight excluding hydrogens is 280 g/mol. The first-order valence-electron chi connectivity index (χ1n) is 6.98. The number of rotatable bonds is 5. The first kappa shape index (κ1) is 15.6. The van der Waals surface area contributed by atoms with Gasteiger partial charge in [-0.15, -0.1) is 0 Å². The zero-order chi connectivity index (χ0) is 15.9. The lowest BCUT2D eigenvalue weighted by Gasteiger charge is -2.10. The third-order valence-electron chi connectivity index (χ3n) is 3.14. The zero-order valence-electron chi connectivity index (χ0n) is 12.5. The summed E-state index contributed by atoms with van der Waals surface area (Å²) in [6, 6.07) is 14.2. The van der Waals surface area contributed by atoms with Gasteiger partial charge in [-0.05, 0) is 43.7 Å². The number of amides is 1. The van der Waals surface area contributed by atoms with E-state index in [4.69, 9.17) is 9.94 Å². The molecular formula is C17H18N2O3. The highest BCUT2D eigenvalue weighted by molar-refractivity contribution is 6.06. The quantitative estimate of drug-likeness (QED) is 0.504. The van der Waals surface area contributed by atoms with E-state index in [0.29, 0.717) is 29.3 Å². The number of hydrogen-bond donors (Lipinski definition) is 2. The molecule has 2 aromatic rings. The molecule has 0 spiro atoms. The molecule has 2 aromatic carbocycles. The van der Waals surface area contributed by atoms with Crippen LogP contribution in [0, 0.1) is 0 Å². The van der Waals surface area contributed by atoms with Gasteiger partial charge in [0, 0.05) is 5.69 Å². The summed E-state index contributed by atoms with van der Waals surface area (Å²) in [5.41, 5.74) is 2.45. The molecule has 5 heteroatoms. The van der Waals surface area contributed by atoms with Crippen molar-refractivity contribution in [2.45, 2.75) is 13.8 Å². The molecule has 2 N–H and O–H groups in total. The van der Waals surface area contributed by atoms with Gasteiger partial charge in [-0.1, -0.05) is 29.4 Å². The van der Waals surface area contributed by atoms with E-state index in [1.807, 2.05) is 13.0 Å². The molecule has 2 rings (SSSR count). The summed E-state index contributed by atoms with van der Waals surface area (Å²) in [5, 5.41) is 14.7. The van der Waals surface area contributed by atoms with E-state index in [2.05, 4.69) is 10.5 Å². The monoisotopic (exact) mass is 298 g/mol. The first-order chi connectivity index (χ1) is 10.7. The van der Waals surface area contributed by atoms with Crippen molar-refractivity contribution in [3.63, 3.8) is 0 Å². The number of anilines is 1. The van der Waals surface area contributed by atoms with Crippen LogP contribution in [0.2, 0.25) is 0 Å². The van der Waals surface area contributed by atoms with Crippen LogP contribution in [0.25, 0.3) is 0 Å². The Balaban J connectivity index is 2.15. The number of oxime groups is 1. The number of benzene rings is 2. The molecule has 0 heterocycles. The number of nitrogens with one attached hydrogen (secondary N) is 1. The fraction of sp³-hybridized carbons (Fsp3) is 0.176. The second-order valence-electron chi connectivity index (χ2n) is 4.65. The number of nitrogens with zero attached hydrogens (tertiary/aromatic N) is 1. The van der Waals surface area contributed by atoms with Gasteiger partial charge in [0.15, 0.2) is 0 Å². The molecule has 0 fully saturated rings. The Labute approximate surface area is 129 Å². The van der Waals surface area contributed by atoms with Crippen molar-refractivity contribution in [3.05, 3.63) is 59.7 Å². The second-order valence-corrected chi connectivity index (χ2v) is 4.65. The number of carbonyl (C=O) groups is 1. The summed E-state index contributed by atoms with van der Waals surface area (Å²) >= 11 is 0. The number of carbonyl (C=O) groups excluding carboxylic acids is 1. The van der Waals surface area contributed by atoms with Crippen molar-refractivity contribution in [2.24, 2.45) is 5.16 Å². The molecule has 0 saturated carbocycles. The van der Waals surface area contributed by atoms with Gasteiger partial charge in [0.25, 0.3) is 5.91 Å². The van der Waals surface area contributed by atoms with Crippen LogP contribution in [0.4, 0.5) is 5.69 Å². The van der Waals surface area contributed by atoms with Crippen molar-refractivity contribution in [3.8, 4) is 5.75 Å². The van der Waals surface area contributed by atoms with Crippen LogP contribution >= 0.6 is 0 Å². The van der Waals surface area contributed by atoms with Crippen LogP contribution in [0.5, 0.6) is 5.75 Å². The van der Waals surface area contributed by atoms with Crippen molar-refractivity contribution in [1.29, 1.82) is 0 Å². The largest absolute Gasteiger partial charge is 0.493 e. The molecule has 0 unspecified atom stereocenters. The standard InChI is InChI=1S/C17H18N2O3/c1-3-22-16-7-5-4-6-15(16)17(20)18-14-10-8-13(9-11-14)12(2)19-21/h4-11,21H,3H2,1-2H3,(H,18,20)/b19-12+. The van der Waals surface area contributed by atoms with Crippen LogP contribution in [-0.2, 0) is 0 Å². The molecule has 0 aromatic heterocycles. The maximum atomic E-state index is 12.3. The van der Waals surface area contributed by atoms with Crippen LogP contribution in [0.1, 0.15) is 29.8 Å². The van der Waals surface area contributed by atoms with Gasteiger partial charge in [-0.25, -0.2) is 0 Å². The van der Waals surface area contributed by atoms with E-state index < -0.39 is 0 Å². The Hall–Kier alpha value is -2.82. The van der Waals surface area contributed by atoms with Crippen molar-refractivity contribution >= 4 is 17.3 Å². The predicted octanol–water partition coefficient (Wildman–Crippen LogP) is 3.54. The van der Waals surface area contributed by atoms with Gasteiger partial charge in [0.2, 0.25) is 0 Å². The Morgan fingerprint density at radius 2 is 1.86 bits per heavy atom. The van der Waals surface area contributed by atoms with Crippen molar-refractivity contribution < 1.29 is 14.7 Å². The van der Waals surface area contributed by atoms with Crippen LogP contribution in [0.15, 0.2) is 53.7 Å². The normalized spacial score (nSPS) is 11.1. The number of hydrogen-bond acceptors (Lipinski definition) is 4. The minimum atomic E-state index is -0.232. The highest BCUT2D eigenvalue weighted by Crippen LogP contribution is 2.20. The maximum absolute atomic E-state index is 12.3. The van der Waals surface area contributed by atoms with Crippen LogP contribution in [-0.4, -0.2) is 23.4 Å². The van der Waals surface area contributed by atoms with E-state index in [0.717, 1.165) is 5.56 Å². The van der Waals surface area contributed by atoms with Gasteiger partial charge in [0.1, 0.15) is 5.75 Å². The number of ether oxygens (including phenoxy) is 1. The lowest BCUT2D eigenvalue weighted by molar-refractivity contribution is 0.102. The second kappa shape index (κ2) is 7.26. The van der Waals surface area contributed by atoms with Crippen molar-refractivity contribution in [2.75, 3.05) is 11.9 Å². The third kappa shape index (κ3) is 3.63. The fourth-order valence-electron chi connectivity index (χ4n) is 1.99. The molecule has 114 valence electrons. The van der Waals surface area contributed by atoms with E-state index in [1.165, 1.54) is 0 Å². The van der Waals surface area contributed by atoms with Crippen LogP contribution in [0.3, 0.4) is 0 Å². The molecule has 0 saturated heterocycles. The minimum absolute atomic E-state index is 0.232. The smallest absolute Gasteiger partial charge is 0.259 e. The minimum Gasteiger partial charge on any atom is -0.493 e. The molecule has 22 heavy (non-hydrogen) atoms. The topological polar surface area (TPSA) is 70.9 Å². The lowest BCUT2D eigenvalue weighted by Crippen LogP contribution is -2.13. The summed E-state index contributed by atoms with van der Waals surface area (Å²) < 4.78 is 5.46. The average molecular weight is 298 g/mol. The molecule has 0 bridgehead atoms. The van der Waals surface area contributed by atoms with Gasteiger partial charge in [0.05, 0.1) is 17.9 Å². The molecule has 0 aliphatic rings. The summed E-state index contributed by atoms with van der Waals surface area (Å²) in [7, 11) is 0. The highest BCUT2D eigenvalue weighted by atomic mass is 16.5. The molecule has 1 amide bonds. The summed E-state index contributed by atoms with van der Waals surface area (Å²) in [6.45, 7) is 4.07.